The highest BCUT2D eigenvalue weighted by molar-refractivity contribution is 7.08. The number of alkyl halides is 6. The van der Waals surface area contributed by atoms with Gasteiger partial charge in [-0.15, -0.1) is 0 Å². The van der Waals surface area contributed by atoms with E-state index in [1.54, 1.807) is 11.3 Å². The molecular formula is C19H25F6N3O6S. The normalized spacial score (nSPS) is 20.3. The van der Waals surface area contributed by atoms with E-state index in [9.17, 15) is 31.1 Å². The summed E-state index contributed by atoms with van der Waals surface area (Å²) in [7, 11) is 4.19. The highest BCUT2D eigenvalue weighted by Gasteiger charge is 2.42. The Kier molecular flexibility index (Phi) is 11.4. The Morgan fingerprint density at radius 1 is 1.09 bits per heavy atom. The zero-order valence-corrected chi connectivity index (χ0v) is 19.5. The van der Waals surface area contributed by atoms with Crippen molar-refractivity contribution in [2.45, 2.75) is 24.5 Å². The molecule has 1 aromatic rings. The van der Waals surface area contributed by atoms with Crippen LogP contribution in [0.3, 0.4) is 0 Å². The summed E-state index contributed by atoms with van der Waals surface area (Å²) in [6, 6.07) is 2.25. The van der Waals surface area contributed by atoms with Gasteiger partial charge in [0.1, 0.15) is 0 Å². The van der Waals surface area contributed by atoms with Crippen LogP contribution in [0.25, 0.3) is 0 Å². The van der Waals surface area contributed by atoms with Crippen LogP contribution in [0.15, 0.2) is 16.8 Å². The average Bonchev–Trinajstić information content (AvgIpc) is 3.41. The van der Waals surface area contributed by atoms with Crippen molar-refractivity contribution in [2.24, 2.45) is 0 Å². The van der Waals surface area contributed by atoms with Gasteiger partial charge in [-0.1, -0.05) is 0 Å². The third kappa shape index (κ3) is 10.4. The number of carbonyl (C=O) groups excluding carboxylic acids is 1. The van der Waals surface area contributed by atoms with Crippen molar-refractivity contribution < 1.29 is 55.7 Å². The molecule has 2 aliphatic rings. The fraction of sp³-hybridized carbons (Fsp3) is 0.632. The number of rotatable bonds is 4. The van der Waals surface area contributed by atoms with Crippen LogP contribution in [0.2, 0.25) is 0 Å². The van der Waals surface area contributed by atoms with E-state index in [0.717, 1.165) is 44.9 Å². The molecule has 0 aromatic carbocycles. The summed E-state index contributed by atoms with van der Waals surface area (Å²) in [6.45, 7) is 5.33. The number of ether oxygens (including phenoxy) is 1. The minimum absolute atomic E-state index is 0.141. The summed E-state index contributed by atoms with van der Waals surface area (Å²) in [5, 5.41) is 18.1. The Labute approximate surface area is 200 Å². The molecular weight excluding hydrogens is 512 g/mol. The molecule has 3 heterocycles. The number of halogens is 6. The largest absolute Gasteiger partial charge is 0.490 e. The van der Waals surface area contributed by atoms with E-state index in [1.807, 2.05) is 21.7 Å². The molecule has 2 fully saturated rings. The van der Waals surface area contributed by atoms with E-state index in [-0.39, 0.29) is 12.0 Å². The minimum Gasteiger partial charge on any atom is -0.475 e. The standard InChI is InChI=1S/C15H23N3O2S.2C2HF3O2/c1-16(2)4-5-17-6-7-20-14-10-18(9-13(14)17)15(19)12-3-8-21-11-12;2*3-2(4,5)1(6)7/h3,8,11,13-14H,4-7,9-10H2,1-2H3;2*(H,6,7)/t13-,14+;;/m1../s1. The fourth-order valence-corrected chi connectivity index (χ4v) is 3.73. The van der Waals surface area contributed by atoms with Crippen LogP contribution in [0.4, 0.5) is 26.3 Å². The molecule has 0 spiro atoms. The molecule has 1 amide bonds. The summed E-state index contributed by atoms with van der Waals surface area (Å²) in [4.78, 5) is 36.9. The van der Waals surface area contributed by atoms with Crippen LogP contribution in [0, 0.1) is 0 Å². The third-order valence-corrected chi connectivity index (χ3v) is 5.47. The van der Waals surface area contributed by atoms with E-state index in [4.69, 9.17) is 24.5 Å². The first-order valence-corrected chi connectivity index (χ1v) is 10.9. The first-order valence-electron chi connectivity index (χ1n) is 9.96. The van der Waals surface area contributed by atoms with Crippen LogP contribution in [0.5, 0.6) is 0 Å². The predicted molar refractivity (Wildman–Crippen MR) is 111 cm³/mol. The number of hydrogen-bond acceptors (Lipinski definition) is 7. The van der Waals surface area contributed by atoms with Crippen molar-refractivity contribution in [2.75, 3.05) is 53.4 Å². The molecule has 16 heteroatoms. The van der Waals surface area contributed by atoms with Gasteiger partial charge in [0.2, 0.25) is 0 Å². The lowest BCUT2D eigenvalue weighted by atomic mass is 10.1. The quantitative estimate of drug-likeness (QED) is 0.562. The number of carboxylic acids is 2. The van der Waals surface area contributed by atoms with Crippen molar-refractivity contribution in [1.82, 2.24) is 14.7 Å². The predicted octanol–water partition coefficient (Wildman–Crippen LogP) is 2.10. The molecule has 2 N–H and O–H groups in total. The van der Waals surface area contributed by atoms with Crippen molar-refractivity contribution in [3.63, 3.8) is 0 Å². The maximum absolute atomic E-state index is 12.5. The first kappa shape index (κ1) is 30.6. The number of carbonyl (C=O) groups is 3. The van der Waals surface area contributed by atoms with Crippen molar-refractivity contribution in [3.05, 3.63) is 22.4 Å². The number of amides is 1. The minimum atomic E-state index is -5.08. The summed E-state index contributed by atoms with van der Waals surface area (Å²) < 4.78 is 69.4. The Morgan fingerprint density at radius 3 is 2.06 bits per heavy atom. The Bertz CT molecular complexity index is 810. The highest BCUT2D eigenvalue weighted by Crippen LogP contribution is 2.24. The number of carboxylic acid groups (broad SMARTS) is 2. The molecule has 9 nitrogen and oxygen atoms in total. The van der Waals surface area contributed by atoms with Gasteiger partial charge in [0, 0.05) is 38.1 Å². The van der Waals surface area contributed by atoms with E-state index < -0.39 is 24.3 Å². The molecule has 3 rings (SSSR count). The second-order valence-electron chi connectivity index (χ2n) is 7.64. The van der Waals surface area contributed by atoms with E-state index >= 15 is 0 Å². The maximum atomic E-state index is 12.5. The lowest BCUT2D eigenvalue weighted by Gasteiger charge is -2.37. The summed E-state index contributed by atoms with van der Waals surface area (Å²) in [6.07, 6.45) is -10.00. The van der Waals surface area contributed by atoms with Gasteiger partial charge >= 0.3 is 24.3 Å². The van der Waals surface area contributed by atoms with Crippen molar-refractivity contribution in [1.29, 1.82) is 0 Å². The Hall–Kier alpha value is -2.43. The van der Waals surface area contributed by atoms with Crippen molar-refractivity contribution >= 4 is 29.2 Å². The number of morpholine rings is 1. The zero-order chi connectivity index (χ0) is 27.0. The molecule has 1 aromatic heterocycles. The first-order chi connectivity index (χ1) is 16.0. The van der Waals surface area contributed by atoms with E-state index in [0.29, 0.717) is 6.04 Å². The molecule has 2 atom stereocenters. The molecule has 2 saturated heterocycles. The zero-order valence-electron chi connectivity index (χ0n) is 18.7. The van der Waals surface area contributed by atoms with Crippen LogP contribution < -0.4 is 0 Å². The molecule has 0 radical (unpaired) electrons. The second kappa shape index (κ2) is 13.0. The second-order valence-corrected chi connectivity index (χ2v) is 8.42. The van der Waals surface area contributed by atoms with E-state index in [2.05, 4.69) is 23.9 Å². The SMILES string of the molecule is CN(C)CCN1CCO[C@H]2CN(C(=O)c3ccsc3)C[C@H]21.O=C(O)C(F)(F)F.O=C(O)C(F)(F)F. The number of likely N-dealkylation sites (tertiary alicyclic amines) is 1. The topological polar surface area (TPSA) is 111 Å². The molecule has 0 bridgehead atoms. The van der Waals surface area contributed by atoms with Gasteiger partial charge in [-0.25, -0.2) is 9.59 Å². The van der Waals surface area contributed by atoms with Crippen molar-refractivity contribution in [3.8, 4) is 0 Å². The van der Waals surface area contributed by atoms with Gasteiger partial charge in [-0.3, -0.25) is 9.69 Å². The number of fused-ring (bicyclic) bond motifs is 1. The molecule has 0 saturated carbocycles. The van der Waals surface area contributed by atoms with Crippen LogP contribution >= 0.6 is 11.3 Å². The summed E-state index contributed by atoms with van der Waals surface area (Å²) in [5.74, 6) is -5.37. The molecule has 200 valence electrons. The Balaban J connectivity index is 0.000000362. The number of aliphatic carboxylic acids is 2. The van der Waals surface area contributed by atoms with Gasteiger partial charge in [-0.2, -0.15) is 37.7 Å². The fourth-order valence-electron chi connectivity index (χ4n) is 3.10. The maximum Gasteiger partial charge on any atom is 0.490 e. The molecule has 2 aliphatic heterocycles. The lowest BCUT2D eigenvalue weighted by molar-refractivity contribution is -0.193. The summed E-state index contributed by atoms with van der Waals surface area (Å²) >= 11 is 1.57. The van der Waals surface area contributed by atoms with Gasteiger partial charge in [0.25, 0.3) is 5.91 Å². The number of likely N-dealkylation sites (N-methyl/N-ethyl adjacent to an activating group) is 1. The van der Waals surface area contributed by atoms with Gasteiger partial charge in [0.15, 0.2) is 0 Å². The van der Waals surface area contributed by atoms with Gasteiger partial charge in [-0.05, 0) is 25.5 Å². The Morgan fingerprint density at radius 2 is 1.63 bits per heavy atom. The molecule has 0 aliphatic carbocycles. The molecule has 35 heavy (non-hydrogen) atoms. The van der Waals surface area contributed by atoms with Crippen LogP contribution in [-0.2, 0) is 14.3 Å². The van der Waals surface area contributed by atoms with Crippen LogP contribution in [0.1, 0.15) is 10.4 Å². The highest BCUT2D eigenvalue weighted by atomic mass is 32.1. The molecule has 0 unspecified atom stereocenters. The monoisotopic (exact) mass is 537 g/mol. The van der Waals surface area contributed by atoms with Gasteiger partial charge in [0.05, 0.1) is 24.3 Å². The van der Waals surface area contributed by atoms with Gasteiger partial charge < -0.3 is 24.7 Å². The third-order valence-electron chi connectivity index (χ3n) is 4.79. The van der Waals surface area contributed by atoms with Crippen LogP contribution in [-0.4, -0.2) is 121 Å². The lowest BCUT2D eigenvalue weighted by Crippen LogP contribution is -2.52. The number of thiophene rings is 1. The average molecular weight is 537 g/mol. The summed E-state index contributed by atoms with van der Waals surface area (Å²) in [5.41, 5.74) is 0.804. The van der Waals surface area contributed by atoms with E-state index in [1.165, 1.54) is 0 Å². The number of nitrogens with zero attached hydrogens (tertiary/aromatic N) is 3. The number of hydrogen-bond donors (Lipinski definition) is 2. The smallest absolute Gasteiger partial charge is 0.475 e.